The van der Waals surface area contributed by atoms with Crippen molar-refractivity contribution in [2.24, 2.45) is 5.73 Å². The molecule has 1 amide bonds. The van der Waals surface area contributed by atoms with Gasteiger partial charge in [0.25, 0.3) is 10.0 Å². The predicted molar refractivity (Wildman–Crippen MR) is 66.4 cm³/mol. The second-order valence-corrected chi connectivity index (χ2v) is 6.32. The van der Waals surface area contributed by atoms with Gasteiger partial charge in [0.1, 0.15) is 11.6 Å². The number of hydrogen-bond donors (Lipinski definition) is 3. The van der Waals surface area contributed by atoms with E-state index in [1.807, 2.05) is 0 Å². The van der Waals surface area contributed by atoms with Crippen LogP contribution in [0.25, 0.3) is 0 Å². The van der Waals surface area contributed by atoms with E-state index >= 15 is 0 Å². The fourth-order valence-electron chi connectivity index (χ4n) is 2.27. The first-order chi connectivity index (χ1) is 9.26. The van der Waals surface area contributed by atoms with Crippen LogP contribution in [-0.4, -0.2) is 52.5 Å². The average molecular weight is 302 g/mol. The summed E-state index contributed by atoms with van der Waals surface area (Å²) in [4.78, 5) is 22.4. The highest BCUT2D eigenvalue weighted by atomic mass is 32.2. The molecule has 0 radical (unpaired) electrons. The van der Waals surface area contributed by atoms with Crippen LogP contribution in [0.2, 0.25) is 0 Å². The maximum atomic E-state index is 12.5. The predicted octanol–water partition coefficient (Wildman–Crippen LogP) is -0.945. The summed E-state index contributed by atoms with van der Waals surface area (Å²) in [6, 6.07) is -0.960. The van der Waals surface area contributed by atoms with Crippen molar-refractivity contribution in [1.82, 2.24) is 14.5 Å². The maximum absolute atomic E-state index is 12.5. The summed E-state index contributed by atoms with van der Waals surface area (Å²) in [5.41, 5.74) is 4.89. The number of sulfonamides is 1. The highest BCUT2D eigenvalue weighted by molar-refractivity contribution is 7.89. The van der Waals surface area contributed by atoms with E-state index in [0.29, 0.717) is 12.8 Å². The summed E-state index contributed by atoms with van der Waals surface area (Å²) in [6.07, 6.45) is 0.805. The largest absolute Gasteiger partial charge is 0.478 e. The van der Waals surface area contributed by atoms with E-state index in [2.05, 4.69) is 10.2 Å². The van der Waals surface area contributed by atoms with Crippen molar-refractivity contribution in [3.8, 4) is 0 Å². The van der Waals surface area contributed by atoms with Crippen molar-refractivity contribution in [1.29, 1.82) is 0 Å². The molecule has 10 heteroatoms. The Hall–Kier alpha value is -1.94. The number of carbonyl (C=O) groups is 2. The van der Waals surface area contributed by atoms with Crippen LogP contribution < -0.4 is 5.73 Å². The van der Waals surface area contributed by atoms with E-state index in [1.54, 1.807) is 0 Å². The van der Waals surface area contributed by atoms with Gasteiger partial charge < -0.3 is 10.8 Å². The number of aromatic nitrogens is 2. The van der Waals surface area contributed by atoms with Gasteiger partial charge in [0, 0.05) is 12.2 Å². The van der Waals surface area contributed by atoms with Crippen LogP contribution in [0.5, 0.6) is 0 Å². The molecule has 20 heavy (non-hydrogen) atoms. The van der Waals surface area contributed by atoms with Crippen LogP contribution in [0.3, 0.4) is 0 Å². The van der Waals surface area contributed by atoms with Crippen molar-refractivity contribution >= 4 is 21.9 Å². The summed E-state index contributed by atoms with van der Waals surface area (Å²) in [5, 5.41) is 14.4. The molecular formula is C10H14N4O5S. The van der Waals surface area contributed by atoms with Crippen molar-refractivity contribution in [3.05, 3.63) is 11.3 Å². The van der Waals surface area contributed by atoms with Crippen LogP contribution >= 0.6 is 0 Å². The van der Waals surface area contributed by atoms with Crippen molar-refractivity contribution in [3.63, 3.8) is 0 Å². The number of hydrogen-bond acceptors (Lipinski definition) is 5. The maximum Gasteiger partial charge on any atom is 0.340 e. The van der Waals surface area contributed by atoms with Gasteiger partial charge in [0.15, 0.2) is 0 Å². The van der Waals surface area contributed by atoms with Gasteiger partial charge in [0.2, 0.25) is 10.9 Å². The molecule has 0 saturated carbocycles. The summed E-state index contributed by atoms with van der Waals surface area (Å²) in [6.45, 7) is 1.52. The summed E-state index contributed by atoms with van der Waals surface area (Å²) >= 11 is 0. The van der Waals surface area contributed by atoms with E-state index in [4.69, 9.17) is 10.8 Å². The zero-order valence-electron chi connectivity index (χ0n) is 10.7. The zero-order chi connectivity index (χ0) is 15.1. The average Bonchev–Trinajstić information content (AvgIpc) is 2.94. The minimum Gasteiger partial charge on any atom is -0.478 e. The first-order valence-corrected chi connectivity index (χ1v) is 7.30. The van der Waals surface area contributed by atoms with Gasteiger partial charge in [-0.3, -0.25) is 9.89 Å². The molecule has 0 spiro atoms. The summed E-state index contributed by atoms with van der Waals surface area (Å²) in [5.74, 6) is -2.15. The van der Waals surface area contributed by atoms with Crippen LogP contribution in [0.15, 0.2) is 5.03 Å². The number of nitrogens with one attached hydrogen (secondary N) is 1. The second-order valence-electron chi connectivity index (χ2n) is 4.51. The SMILES string of the molecule is Cc1[nH]nc(S(=O)(=O)N2CCCC2C(N)=O)c1C(=O)O. The smallest absolute Gasteiger partial charge is 0.340 e. The Bertz CT molecular complexity index is 665. The van der Waals surface area contributed by atoms with Crippen LogP contribution in [0.1, 0.15) is 28.9 Å². The number of aromatic amines is 1. The lowest BCUT2D eigenvalue weighted by atomic mass is 10.2. The van der Waals surface area contributed by atoms with Gasteiger partial charge in [-0.2, -0.15) is 9.40 Å². The van der Waals surface area contributed by atoms with E-state index in [-0.39, 0.29) is 12.2 Å². The molecule has 1 aromatic rings. The number of carboxylic acid groups (broad SMARTS) is 1. The number of aromatic carboxylic acids is 1. The monoisotopic (exact) mass is 302 g/mol. The van der Waals surface area contributed by atoms with Gasteiger partial charge in [-0.15, -0.1) is 0 Å². The Morgan fingerprint density at radius 1 is 1.50 bits per heavy atom. The van der Waals surface area contributed by atoms with Crippen LogP contribution in [0.4, 0.5) is 0 Å². The molecule has 4 N–H and O–H groups in total. The molecule has 110 valence electrons. The lowest BCUT2D eigenvalue weighted by Gasteiger charge is -2.20. The highest BCUT2D eigenvalue weighted by Gasteiger charge is 2.41. The molecule has 1 unspecified atom stereocenters. The molecule has 1 aliphatic rings. The summed E-state index contributed by atoms with van der Waals surface area (Å²) in [7, 11) is -4.18. The number of rotatable bonds is 4. The third-order valence-corrected chi connectivity index (χ3v) is 5.05. The quantitative estimate of drug-likeness (QED) is 0.653. The first-order valence-electron chi connectivity index (χ1n) is 5.86. The molecule has 1 fully saturated rings. The summed E-state index contributed by atoms with van der Waals surface area (Å²) < 4.78 is 25.8. The normalized spacial score (nSPS) is 20.1. The molecule has 0 aromatic carbocycles. The molecule has 0 bridgehead atoms. The Labute approximate surface area is 114 Å². The van der Waals surface area contributed by atoms with Gasteiger partial charge in [-0.25, -0.2) is 13.2 Å². The number of nitrogens with two attached hydrogens (primary N) is 1. The number of H-pyrrole nitrogens is 1. The first kappa shape index (κ1) is 14.5. The lowest BCUT2D eigenvalue weighted by Crippen LogP contribution is -2.44. The third-order valence-electron chi connectivity index (χ3n) is 3.21. The number of primary amides is 1. The van der Waals surface area contributed by atoms with Gasteiger partial charge >= 0.3 is 5.97 Å². The zero-order valence-corrected chi connectivity index (χ0v) is 11.5. The number of carbonyl (C=O) groups excluding carboxylic acids is 1. The molecule has 1 saturated heterocycles. The molecule has 2 rings (SSSR count). The number of aryl methyl sites for hydroxylation is 1. The van der Waals surface area contributed by atoms with Gasteiger partial charge in [-0.1, -0.05) is 0 Å². The Balaban J connectivity index is 2.51. The fraction of sp³-hybridized carbons (Fsp3) is 0.500. The Morgan fingerprint density at radius 3 is 2.70 bits per heavy atom. The minimum atomic E-state index is -4.18. The number of amides is 1. The van der Waals surface area contributed by atoms with E-state index in [9.17, 15) is 18.0 Å². The molecule has 1 aliphatic heterocycles. The lowest BCUT2D eigenvalue weighted by molar-refractivity contribution is -0.121. The molecule has 9 nitrogen and oxygen atoms in total. The van der Waals surface area contributed by atoms with Crippen LogP contribution in [0, 0.1) is 6.92 Å². The standard InChI is InChI=1S/C10H14N4O5S/c1-5-7(10(16)17)9(13-12-5)20(18,19)14-4-2-3-6(14)8(11)15/h6H,2-4H2,1H3,(H2,11,15)(H,12,13)(H,16,17). The number of nitrogens with zero attached hydrogens (tertiary/aromatic N) is 2. The molecule has 0 aliphatic carbocycles. The van der Waals surface area contributed by atoms with Gasteiger partial charge in [0.05, 0.1) is 0 Å². The Morgan fingerprint density at radius 2 is 2.15 bits per heavy atom. The molecule has 1 atom stereocenters. The molecule has 1 aromatic heterocycles. The topological polar surface area (TPSA) is 146 Å². The van der Waals surface area contributed by atoms with E-state index in [1.165, 1.54) is 6.92 Å². The molecule has 2 heterocycles. The fourth-order valence-corrected chi connectivity index (χ4v) is 4.06. The van der Waals surface area contributed by atoms with Gasteiger partial charge in [-0.05, 0) is 19.8 Å². The van der Waals surface area contributed by atoms with Crippen molar-refractivity contribution < 1.29 is 23.1 Å². The van der Waals surface area contributed by atoms with Crippen molar-refractivity contribution in [2.45, 2.75) is 30.8 Å². The second kappa shape index (κ2) is 4.87. The van der Waals surface area contributed by atoms with E-state index < -0.39 is 38.5 Å². The number of carboxylic acids is 1. The van der Waals surface area contributed by atoms with E-state index in [0.717, 1.165) is 4.31 Å². The molecular weight excluding hydrogens is 288 g/mol. The minimum absolute atomic E-state index is 0.112. The third kappa shape index (κ3) is 2.16. The van der Waals surface area contributed by atoms with Crippen molar-refractivity contribution in [2.75, 3.05) is 6.54 Å². The van der Waals surface area contributed by atoms with Crippen LogP contribution in [-0.2, 0) is 14.8 Å². The Kier molecular flexibility index (Phi) is 3.52. The highest BCUT2D eigenvalue weighted by Crippen LogP contribution is 2.27.